The third kappa shape index (κ3) is 7.57. The van der Waals surface area contributed by atoms with Crippen LogP contribution in [0, 0.1) is 0 Å². The smallest absolute Gasteiger partial charge is 0.408 e. The number of hydrogen-bond acceptors (Lipinski definition) is 4. The van der Waals surface area contributed by atoms with Crippen LogP contribution in [0.15, 0.2) is 30.3 Å². The lowest BCUT2D eigenvalue weighted by Crippen LogP contribution is -2.42. The SMILES string of the molecule is CC(C)(C)[Si](C)(C)OCCC[C@H](NC(=O)OCc1ccccc1)C(=O)O. The van der Waals surface area contributed by atoms with Gasteiger partial charge in [0, 0.05) is 6.61 Å². The fraction of sp³-hybridized carbons (Fsp3) is 0.579. The lowest BCUT2D eigenvalue weighted by Gasteiger charge is -2.36. The molecule has 0 aliphatic heterocycles. The Morgan fingerprint density at radius 1 is 1.19 bits per heavy atom. The molecule has 0 fully saturated rings. The molecule has 1 atom stereocenters. The van der Waals surface area contributed by atoms with E-state index in [2.05, 4.69) is 39.2 Å². The molecule has 1 amide bonds. The van der Waals surface area contributed by atoms with Gasteiger partial charge in [-0.05, 0) is 36.5 Å². The van der Waals surface area contributed by atoms with Gasteiger partial charge >= 0.3 is 12.1 Å². The minimum atomic E-state index is -1.85. The molecule has 0 aliphatic carbocycles. The van der Waals surface area contributed by atoms with Crippen molar-refractivity contribution in [3.8, 4) is 0 Å². The van der Waals surface area contributed by atoms with Gasteiger partial charge in [-0.2, -0.15) is 0 Å². The van der Waals surface area contributed by atoms with Crippen molar-refractivity contribution in [2.75, 3.05) is 6.61 Å². The van der Waals surface area contributed by atoms with Gasteiger partial charge in [-0.3, -0.25) is 0 Å². The van der Waals surface area contributed by atoms with E-state index in [9.17, 15) is 14.7 Å². The van der Waals surface area contributed by atoms with Crippen LogP contribution in [0.4, 0.5) is 4.79 Å². The highest BCUT2D eigenvalue weighted by Crippen LogP contribution is 2.36. The molecular weight excluding hydrogens is 350 g/mol. The zero-order chi connectivity index (χ0) is 19.8. The normalized spacial score (nSPS) is 13.1. The van der Waals surface area contributed by atoms with Crippen LogP contribution >= 0.6 is 0 Å². The van der Waals surface area contributed by atoms with E-state index in [1.54, 1.807) is 0 Å². The number of carbonyl (C=O) groups excluding carboxylic acids is 1. The first-order chi connectivity index (χ1) is 12.0. The highest BCUT2D eigenvalue weighted by atomic mass is 28.4. The molecule has 146 valence electrons. The molecule has 0 aliphatic rings. The first kappa shape index (κ1) is 22.2. The Kier molecular flexibility index (Phi) is 8.30. The summed E-state index contributed by atoms with van der Waals surface area (Å²) in [6.07, 6.45) is 0.124. The van der Waals surface area contributed by atoms with Gasteiger partial charge in [0.2, 0.25) is 0 Å². The van der Waals surface area contributed by atoms with Crippen molar-refractivity contribution in [1.82, 2.24) is 5.32 Å². The predicted molar refractivity (Wildman–Crippen MR) is 104 cm³/mol. The molecule has 0 spiro atoms. The number of carboxylic acids is 1. The summed E-state index contributed by atoms with van der Waals surface area (Å²) in [7, 11) is -1.85. The van der Waals surface area contributed by atoms with Crippen molar-refractivity contribution in [2.45, 2.75) is 64.4 Å². The largest absolute Gasteiger partial charge is 0.480 e. The molecule has 1 rings (SSSR count). The highest BCUT2D eigenvalue weighted by molar-refractivity contribution is 6.74. The summed E-state index contributed by atoms with van der Waals surface area (Å²) in [5.41, 5.74) is 0.845. The maximum atomic E-state index is 11.8. The van der Waals surface area contributed by atoms with Crippen LogP contribution in [0.3, 0.4) is 0 Å². The minimum Gasteiger partial charge on any atom is -0.480 e. The van der Waals surface area contributed by atoms with E-state index in [-0.39, 0.29) is 11.6 Å². The van der Waals surface area contributed by atoms with Crippen LogP contribution in [0.5, 0.6) is 0 Å². The number of amides is 1. The molecule has 26 heavy (non-hydrogen) atoms. The quantitative estimate of drug-likeness (QED) is 0.495. The first-order valence-corrected chi connectivity index (χ1v) is 11.8. The predicted octanol–water partition coefficient (Wildman–Crippen LogP) is 4.17. The maximum absolute atomic E-state index is 11.8. The lowest BCUT2D eigenvalue weighted by atomic mass is 10.1. The van der Waals surface area contributed by atoms with E-state index in [0.29, 0.717) is 19.4 Å². The number of aliphatic carboxylic acids is 1. The van der Waals surface area contributed by atoms with E-state index in [0.717, 1.165) is 5.56 Å². The molecule has 7 heteroatoms. The average molecular weight is 382 g/mol. The Balaban J connectivity index is 2.39. The summed E-state index contributed by atoms with van der Waals surface area (Å²) in [5, 5.41) is 11.8. The molecule has 0 heterocycles. The molecule has 0 aromatic heterocycles. The zero-order valence-electron chi connectivity index (χ0n) is 16.4. The van der Waals surface area contributed by atoms with Gasteiger partial charge in [0.15, 0.2) is 8.32 Å². The summed E-state index contributed by atoms with van der Waals surface area (Å²) < 4.78 is 11.1. The van der Waals surface area contributed by atoms with E-state index in [4.69, 9.17) is 9.16 Å². The summed E-state index contributed by atoms with van der Waals surface area (Å²) in [5.74, 6) is -1.08. The van der Waals surface area contributed by atoms with Crippen LogP contribution in [0.25, 0.3) is 0 Å². The van der Waals surface area contributed by atoms with Crippen LogP contribution in [-0.4, -0.2) is 38.1 Å². The Labute approximate surface area is 157 Å². The van der Waals surface area contributed by atoms with E-state index >= 15 is 0 Å². The van der Waals surface area contributed by atoms with Crippen LogP contribution in [-0.2, 0) is 20.6 Å². The summed E-state index contributed by atoms with van der Waals surface area (Å²) in [4.78, 5) is 23.2. The number of alkyl carbamates (subject to hydrolysis) is 1. The van der Waals surface area contributed by atoms with Gasteiger partial charge in [0.25, 0.3) is 0 Å². The fourth-order valence-electron chi connectivity index (χ4n) is 2.00. The Morgan fingerprint density at radius 3 is 2.35 bits per heavy atom. The number of benzene rings is 1. The van der Waals surface area contributed by atoms with Gasteiger partial charge in [-0.25, -0.2) is 9.59 Å². The third-order valence-electron chi connectivity index (χ3n) is 4.71. The monoisotopic (exact) mass is 381 g/mol. The first-order valence-electron chi connectivity index (χ1n) is 8.87. The van der Waals surface area contributed by atoms with Crippen molar-refractivity contribution in [3.05, 3.63) is 35.9 Å². The van der Waals surface area contributed by atoms with E-state index in [1.165, 1.54) is 0 Å². The number of nitrogens with one attached hydrogen (secondary N) is 1. The zero-order valence-corrected chi connectivity index (χ0v) is 17.4. The molecule has 6 nitrogen and oxygen atoms in total. The second-order valence-corrected chi connectivity index (χ2v) is 12.7. The summed E-state index contributed by atoms with van der Waals surface area (Å²) in [6.45, 7) is 11.4. The van der Waals surface area contributed by atoms with Crippen molar-refractivity contribution in [1.29, 1.82) is 0 Å². The fourth-order valence-corrected chi connectivity index (χ4v) is 3.08. The Hall–Kier alpha value is -1.86. The highest BCUT2D eigenvalue weighted by Gasteiger charge is 2.36. The molecule has 0 unspecified atom stereocenters. The van der Waals surface area contributed by atoms with Gasteiger partial charge < -0.3 is 19.6 Å². The van der Waals surface area contributed by atoms with Gasteiger partial charge in [-0.15, -0.1) is 0 Å². The van der Waals surface area contributed by atoms with Crippen molar-refractivity contribution >= 4 is 20.4 Å². The Bertz CT molecular complexity index is 583. The molecule has 2 N–H and O–H groups in total. The Morgan fingerprint density at radius 2 is 1.81 bits per heavy atom. The number of hydrogen-bond donors (Lipinski definition) is 2. The number of ether oxygens (including phenoxy) is 1. The molecule has 1 aromatic carbocycles. The summed E-state index contributed by atoms with van der Waals surface area (Å²) in [6, 6.07) is 8.25. The van der Waals surface area contributed by atoms with Gasteiger partial charge in [0.05, 0.1) is 0 Å². The molecule has 0 saturated carbocycles. The topological polar surface area (TPSA) is 84.9 Å². The standard InChI is InChI=1S/C19H31NO5Si/c1-19(2,3)26(4,5)25-13-9-12-16(17(21)22)20-18(23)24-14-15-10-7-6-8-11-15/h6-8,10-11,16H,9,12-14H2,1-5H3,(H,20,23)(H,21,22)/t16-/m0/s1. The van der Waals surface area contributed by atoms with Crippen molar-refractivity contribution in [2.24, 2.45) is 0 Å². The molecule has 0 bridgehead atoms. The lowest BCUT2D eigenvalue weighted by molar-refractivity contribution is -0.139. The molecule has 0 radical (unpaired) electrons. The number of carbonyl (C=O) groups is 2. The second-order valence-electron chi connectivity index (χ2n) is 7.85. The number of rotatable bonds is 9. The summed E-state index contributed by atoms with van der Waals surface area (Å²) >= 11 is 0. The van der Waals surface area contributed by atoms with Crippen LogP contribution in [0.1, 0.15) is 39.2 Å². The molecule has 1 aromatic rings. The minimum absolute atomic E-state index is 0.105. The van der Waals surface area contributed by atoms with E-state index in [1.807, 2.05) is 30.3 Å². The van der Waals surface area contributed by atoms with Crippen LogP contribution in [0.2, 0.25) is 18.1 Å². The molecular formula is C19H31NO5Si. The third-order valence-corrected chi connectivity index (χ3v) is 9.25. The maximum Gasteiger partial charge on any atom is 0.408 e. The van der Waals surface area contributed by atoms with Gasteiger partial charge in [-0.1, -0.05) is 51.1 Å². The van der Waals surface area contributed by atoms with Crippen molar-refractivity contribution in [3.63, 3.8) is 0 Å². The average Bonchev–Trinajstić information content (AvgIpc) is 2.55. The van der Waals surface area contributed by atoms with Crippen LogP contribution < -0.4 is 5.32 Å². The number of carboxylic acid groups (broad SMARTS) is 1. The second kappa shape index (κ2) is 9.73. The van der Waals surface area contributed by atoms with Crippen molar-refractivity contribution < 1.29 is 23.9 Å². The van der Waals surface area contributed by atoms with E-state index < -0.39 is 26.4 Å². The van der Waals surface area contributed by atoms with Gasteiger partial charge in [0.1, 0.15) is 12.6 Å². The molecule has 0 saturated heterocycles.